The van der Waals surface area contributed by atoms with E-state index in [9.17, 15) is 10.1 Å². The lowest BCUT2D eigenvalue weighted by Crippen LogP contribution is -2.11. The van der Waals surface area contributed by atoms with Gasteiger partial charge in [-0.1, -0.05) is 20.8 Å². The molecule has 0 saturated heterocycles. The van der Waals surface area contributed by atoms with Crippen molar-refractivity contribution in [2.75, 3.05) is 7.11 Å². The Bertz CT molecular complexity index is 438. The lowest BCUT2D eigenvalue weighted by molar-refractivity contribution is -0.385. The zero-order valence-electron chi connectivity index (χ0n) is 10.4. The Kier molecular flexibility index (Phi) is 4.35. The van der Waals surface area contributed by atoms with Crippen molar-refractivity contribution in [2.24, 2.45) is 5.41 Å². The maximum absolute atomic E-state index is 11.0. The van der Waals surface area contributed by atoms with E-state index in [4.69, 9.17) is 4.74 Å². The molecule has 0 saturated carbocycles. The Morgan fingerprint density at radius 1 is 1.41 bits per heavy atom. The normalized spacial score (nSPS) is 11.4. The molecule has 0 aliphatic carbocycles. The number of halogens is 1. The molecule has 0 aromatic heterocycles. The second-order valence-electron chi connectivity index (χ2n) is 5.11. The highest BCUT2D eigenvalue weighted by Crippen LogP contribution is 2.33. The minimum absolute atomic E-state index is 0.00254. The number of nitrogens with zero attached hydrogens (tertiary/aromatic N) is 1. The first-order valence-electron chi connectivity index (χ1n) is 5.25. The maximum Gasteiger partial charge on any atom is 0.273 e. The fourth-order valence-corrected chi connectivity index (χ4v) is 2.30. The Balaban J connectivity index is 3.29. The minimum atomic E-state index is -0.331. The number of rotatable bonds is 3. The van der Waals surface area contributed by atoms with E-state index in [0.717, 1.165) is 9.13 Å². The van der Waals surface area contributed by atoms with E-state index in [2.05, 4.69) is 20.8 Å². The van der Waals surface area contributed by atoms with Gasteiger partial charge in [0.2, 0.25) is 0 Å². The van der Waals surface area contributed by atoms with Crippen LogP contribution in [0.5, 0.6) is 5.75 Å². The van der Waals surface area contributed by atoms with Crippen molar-refractivity contribution in [3.05, 3.63) is 31.4 Å². The molecule has 0 aliphatic heterocycles. The molecule has 4 nitrogen and oxygen atoms in total. The van der Waals surface area contributed by atoms with E-state index in [1.165, 1.54) is 0 Å². The number of ether oxygens (including phenoxy) is 1. The first-order chi connectivity index (χ1) is 7.74. The van der Waals surface area contributed by atoms with Gasteiger partial charge in [-0.25, -0.2) is 0 Å². The predicted molar refractivity (Wildman–Crippen MR) is 75.5 cm³/mol. The van der Waals surface area contributed by atoms with Crippen molar-refractivity contribution in [2.45, 2.75) is 27.2 Å². The molecule has 0 spiro atoms. The fourth-order valence-electron chi connectivity index (χ4n) is 1.62. The Labute approximate surface area is 115 Å². The van der Waals surface area contributed by atoms with Gasteiger partial charge in [0.15, 0.2) is 0 Å². The van der Waals surface area contributed by atoms with Gasteiger partial charge in [-0.15, -0.1) is 0 Å². The molecule has 94 valence electrons. The molecule has 0 radical (unpaired) electrons. The Morgan fingerprint density at radius 2 is 2.00 bits per heavy atom. The first-order valence-corrected chi connectivity index (χ1v) is 6.33. The van der Waals surface area contributed by atoms with Crippen molar-refractivity contribution in [1.29, 1.82) is 0 Å². The molecular weight excluding hydrogens is 333 g/mol. The molecule has 0 bridgehead atoms. The molecule has 0 atom stereocenters. The van der Waals surface area contributed by atoms with Crippen LogP contribution in [0.25, 0.3) is 0 Å². The summed E-state index contributed by atoms with van der Waals surface area (Å²) in [6, 6.07) is 3.34. The van der Waals surface area contributed by atoms with Crippen molar-refractivity contribution < 1.29 is 9.66 Å². The number of hydrogen-bond acceptors (Lipinski definition) is 3. The third-order valence-electron chi connectivity index (χ3n) is 2.27. The van der Waals surface area contributed by atoms with Gasteiger partial charge in [0.1, 0.15) is 5.75 Å². The van der Waals surface area contributed by atoms with Gasteiger partial charge in [-0.2, -0.15) is 0 Å². The second-order valence-corrected chi connectivity index (χ2v) is 6.27. The highest BCUT2D eigenvalue weighted by Gasteiger charge is 2.22. The minimum Gasteiger partial charge on any atom is -0.496 e. The summed E-state index contributed by atoms with van der Waals surface area (Å²) in [7, 11) is 1.57. The SMILES string of the molecule is COc1cc(CC(C)(C)C)c([N+](=O)[O-])cc1I. The quantitative estimate of drug-likeness (QED) is 0.474. The lowest BCUT2D eigenvalue weighted by Gasteiger charge is -2.18. The summed E-state index contributed by atoms with van der Waals surface area (Å²) < 4.78 is 5.96. The summed E-state index contributed by atoms with van der Waals surface area (Å²) in [6.07, 6.45) is 0.649. The second kappa shape index (κ2) is 5.20. The molecule has 1 rings (SSSR count). The van der Waals surface area contributed by atoms with E-state index >= 15 is 0 Å². The highest BCUT2D eigenvalue weighted by atomic mass is 127. The van der Waals surface area contributed by atoms with Gasteiger partial charge in [0.25, 0.3) is 5.69 Å². The van der Waals surface area contributed by atoms with Crippen LogP contribution < -0.4 is 4.74 Å². The largest absolute Gasteiger partial charge is 0.496 e. The summed E-state index contributed by atoms with van der Waals surface area (Å²) in [5.41, 5.74) is 0.896. The average molecular weight is 349 g/mol. The van der Waals surface area contributed by atoms with Crippen molar-refractivity contribution >= 4 is 28.3 Å². The molecule has 5 heteroatoms. The van der Waals surface area contributed by atoms with Crippen LogP contribution in [-0.2, 0) is 6.42 Å². The number of benzene rings is 1. The number of nitro benzene ring substituents is 1. The smallest absolute Gasteiger partial charge is 0.273 e. The third-order valence-corrected chi connectivity index (χ3v) is 3.11. The van der Waals surface area contributed by atoms with Crippen LogP contribution in [0.4, 0.5) is 5.69 Å². The van der Waals surface area contributed by atoms with Gasteiger partial charge in [0, 0.05) is 11.6 Å². The number of nitro groups is 1. The zero-order valence-corrected chi connectivity index (χ0v) is 12.6. The molecule has 0 N–H and O–H groups in total. The maximum atomic E-state index is 11.0. The summed E-state index contributed by atoms with van der Waals surface area (Å²) in [5.74, 6) is 0.690. The molecular formula is C12H16INO3. The van der Waals surface area contributed by atoms with Gasteiger partial charge in [-0.05, 0) is 40.5 Å². The summed E-state index contributed by atoms with van der Waals surface area (Å²) in [4.78, 5) is 10.7. The van der Waals surface area contributed by atoms with Gasteiger partial charge in [0.05, 0.1) is 15.6 Å². The van der Waals surface area contributed by atoms with Crippen molar-refractivity contribution in [3.8, 4) is 5.75 Å². The average Bonchev–Trinajstić information content (AvgIpc) is 2.17. The summed E-state index contributed by atoms with van der Waals surface area (Å²) in [6.45, 7) is 6.17. The van der Waals surface area contributed by atoms with Crippen LogP contribution >= 0.6 is 22.6 Å². The van der Waals surface area contributed by atoms with Crippen LogP contribution in [-0.4, -0.2) is 12.0 Å². The van der Waals surface area contributed by atoms with E-state index in [1.54, 1.807) is 19.2 Å². The molecule has 0 amide bonds. The standard InChI is InChI=1S/C12H16INO3/c1-12(2,3)7-8-5-11(17-4)9(13)6-10(8)14(15)16/h5-6H,7H2,1-4H3. The van der Waals surface area contributed by atoms with Crippen LogP contribution in [0.2, 0.25) is 0 Å². The zero-order chi connectivity index (χ0) is 13.2. The third kappa shape index (κ3) is 3.83. The molecule has 1 aromatic carbocycles. The van der Waals surface area contributed by atoms with Crippen LogP contribution in [0, 0.1) is 19.1 Å². The van der Waals surface area contributed by atoms with Crippen molar-refractivity contribution in [3.63, 3.8) is 0 Å². The van der Waals surface area contributed by atoms with E-state index in [1.807, 2.05) is 22.6 Å². The van der Waals surface area contributed by atoms with E-state index in [-0.39, 0.29) is 16.0 Å². The van der Waals surface area contributed by atoms with Gasteiger partial charge < -0.3 is 4.74 Å². The van der Waals surface area contributed by atoms with Gasteiger partial charge in [-0.3, -0.25) is 10.1 Å². The molecule has 0 aliphatic rings. The highest BCUT2D eigenvalue weighted by molar-refractivity contribution is 14.1. The summed E-state index contributed by atoms with van der Waals surface area (Å²) >= 11 is 2.04. The van der Waals surface area contributed by atoms with Crippen LogP contribution in [0.1, 0.15) is 26.3 Å². The molecule has 0 fully saturated rings. The molecule has 0 unspecified atom stereocenters. The fraction of sp³-hybridized carbons (Fsp3) is 0.500. The Morgan fingerprint density at radius 3 is 2.41 bits per heavy atom. The lowest BCUT2D eigenvalue weighted by atomic mass is 9.87. The van der Waals surface area contributed by atoms with Crippen LogP contribution in [0.15, 0.2) is 12.1 Å². The molecule has 17 heavy (non-hydrogen) atoms. The first kappa shape index (κ1) is 14.2. The number of methoxy groups -OCH3 is 1. The molecule has 0 heterocycles. The van der Waals surface area contributed by atoms with Crippen LogP contribution in [0.3, 0.4) is 0 Å². The predicted octanol–water partition coefficient (Wildman–Crippen LogP) is 3.80. The Hall–Kier alpha value is -0.850. The van der Waals surface area contributed by atoms with E-state index < -0.39 is 0 Å². The topological polar surface area (TPSA) is 52.4 Å². The number of hydrogen-bond donors (Lipinski definition) is 0. The van der Waals surface area contributed by atoms with E-state index in [0.29, 0.717) is 12.2 Å². The monoisotopic (exact) mass is 349 g/mol. The summed E-state index contributed by atoms with van der Waals surface area (Å²) in [5, 5.41) is 11.0. The van der Waals surface area contributed by atoms with Gasteiger partial charge >= 0.3 is 0 Å². The molecule has 1 aromatic rings. The van der Waals surface area contributed by atoms with Crippen molar-refractivity contribution in [1.82, 2.24) is 0 Å².